The summed E-state index contributed by atoms with van der Waals surface area (Å²) in [5, 5.41) is 15.4. The zero-order valence-corrected chi connectivity index (χ0v) is 11.1. The van der Waals surface area contributed by atoms with Gasteiger partial charge in [0.05, 0.1) is 4.92 Å². The molecule has 0 unspecified atom stereocenters. The van der Waals surface area contributed by atoms with E-state index in [1.807, 2.05) is 0 Å². The molecule has 7 nitrogen and oxygen atoms in total. The van der Waals surface area contributed by atoms with E-state index in [4.69, 9.17) is 0 Å². The number of non-ortho nitro benzene ring substituents is 1. The minimum Gasteiger partial charge on any atom is -0.267 e. The van der Waals surface area contributed by atoms with Crippen molar-refractivity contribution in [2.45, 2.75) is 6.92 Å². The molecule has 0 aliphatic rings. The van der Waals surface area contributed by atoms with Gasteiger partial charge in [0.15, 0.2) is 0 Å². The molecule has 0 aliphatic carbocycles. The molecule has 3 rings (SSSR count). The molecule has 0 spiro atoms. The van der Waals surface area contributed by atoms with Crippen molar-refractivity contribution in [1.29, 1.82) is 0 Å². The number of hydrogen-bond acceptors (Lipinski definition) is 6. The fourth-order valence-electron chi connectivity index (χ4n) is 1.76. The SMILES string of the molecule is Cc1cc(=O)n2nc(-c3ccc([N+](=O)[O-])cc3)sc2n1. The van der Waals surface area contributed by atoms with Crippen LogP contribution < -0.4 is 5.56 Å². The van der Waals surface area contributed by atoms with Crippen molar-refractivity contribution in [2.24, 2.45) is 0 Å². The maximum atomic E-state index is 11.8. The molecule has 0 saturated heterocycles. The molecule has 2 aromatic heterocycles. The summed E-state index contributed by atoms with van der Waals surface area (Å²) in [5.41, 5.74) is 1.12. The summed E-state index contributed by atoms with van der Waals surface area (Å²) in [6.45, 7) is 1.74. The number of hydrogen-bond donors (Lipinski definition) is 0. The van der Waals surface area contributed by atoms with Crippen LogP contribution in [0.4, 0.5) is 5.69 Å². The van der Waals surface area contributed by atoms with Crippen molar-refractivity contribution in [3.63, 3.8) is 0 Å². The molecule has 0 aliphatic heterocycles. The van der Waals surface area contributed by atoms with E-state index in [2.05, 4.69) is 10.1 Å². The highest BCUT2D eigenvalue weighted by Gasteiger charge is 2.11. The Morgan fingerprint density at radius 1 is 1.30 bits per heavy atom. The number of aromatic nitrogens is 3. The van der Waals surface area contributed by atoms with Crippen LogP contribution in [0, 0.1) is 17.0 Å². The first-order valence-corrected chi connectivity index (χ1v) is 6.48. The molecule has 0 fully saturated rings. The van der Waals surface area contributed by atoms with E-state index in [0.29, 0.717) is 21.2 Å². The number of benzene rings is 1. The van der Waals surface area contributed by atoms with Crippen molar-refractivity contribution in [1.82, 2.24) is 14.6 Å². The summed E-state index contributed by atoms with van der Waals surface area (Å²) < 4.78 is 1.23. The molecule has 0 atom stereocenters. The van der Waals surface area contributed by atoms with E-state index in [1.165, 1.54) is 34.1 Å². The lowest BCUT2D eigenvalue weighted by atomic mass is 10.2. The van der Waals surface area contributed by atoms with Gasteiger partial charge in [0.2, 0.25) is 4.96 Å². The highest BCUT2D eigenvalue weighted by Crippen LogP contribution is 2.25. The van der Waals surface area contributed by atoms with Crippen LogP contribution >= 0.6 is 11.3 Å². The minimum absolute atomic E-state index is 0.0148. The van der Waals surface area contributed by atoms with E-state index < -0.39 is 4.92 Å². The summed E-state index contributed by atoms with van der Waals surface area (Å²) in [4.78, 5) is 26.7. The number of aryl methyl sites for hydroxylation is 1. The quantitative estimate of drug-likeness (QED) is 0.531. The fourth-order valence-corrected chi connectivity index (χ4v) is 2.72. The molecular weight excluding hydrogens is 280 g/mol. The summed E-state index contributed by atoms with van der Waals surface area (Å²) in [7, 11) is 0. The van der Waals surface area contributed by atoms with Gasteiger partial charge in [-0.15, -0.1) is 0 Å². The van der Waals surface area contributed by atoms with Gasteiger partial charge in [-0.3, -0.25) is 14.9 Å². The molecule has 0 radical (unpaired) electrons. The predicted molar refractivity (Wildman–Crippen MR) is 74.0 cm³/mol. The molecule has 1 aromatic carbocycles. The van der Waals surface area contributed by atoms with Crippen LogP contribution in [0.3, 0.4) is 0 Å². The molecule has 100 valence electrons. The van der Waals surface area contributed by atoms with E-state index in [9.17, 15) is 14.9 Å². The van der Waals surface area contributed by atoms with E-state index in [0.717, 1.165) is 0 Å². The average molecular weight is 288 g/mol. The lowest BCUT2D eigenvalue weighted by Gasteiger charge is -1.94. The van der Waals surface area contributed by atoms with Crippen LogP contribution in [0.15, 0.2) is 35.1 Å². The molecule has 0 amide bonds. The monoisotopic (exact) mass is 288 g/mol. The average Bonchev–Trinajstić information content (AvgIpc) is 2.83. The van der Waals surface area contributed by atoms with Crippen LogP contribution in [0.5, 0.6) is 0 Å². The second kappa shape index (κ2) is 4.49. The summed E-state index contributed by atoms with van der Waals surface area (Å²) >= 11 is 1.26. The normalized spacial score (nSPS) is 10.8. The third kappa shape index (κ3) is 2.05. The van der Waals surface area contributed by atoms with Gasteiger partial charge in [-0.25, -0.2) is 4.98 Å². The lowest BCUT2D eigenvalue weighted by Crippen LogP contribution is -2.14. The molecular formula is C12H8N4O3S. The Hall–Kier alpha value is -2.61. The molecule has 0 N–H and O–H groups in total. The van der Waals surface area contributed by atoms with Gasteiger partial charge in [-0.05, 0) is 19.1 Å². The Labute approximate surface area is 116 Å². The molecule has 8 heteroatoms. The zero-order chi connectivity index (χ0) is 14.3. The second-order valence-electron chi connectivity index (χ2n) is 4.14. The number of nitrogens with zero attached hydrogens (tertiary/aromatic N) is 4. The third-order valence-corrected chi connectivity index (χ3v) is 3.66. The van der Waals surface area contributed by atoms with Gasteiger partial charge < -0.3 is 0 Å². The number of nitro benzene ring substituents is 1. The Bertz CT molecular complexity index is 867. The predicted octanol–water partition coefficient (Wildman–Crippen LogP) is 2.03. The van der Waals surface area contributed by atoms with Gasteiger partial charge >= 0.3 is 0 Å². The van der Waals surface area contributed by atoms with Gasteiger partial charge in [0.1, 0.15) is 5.01 Å². The van der Waals surface area contributed by atoms with Gasteiger partial charge in [0, 0.05) is 29.5 Å². The van der Waals surface area contributed by atoms with Crippen molar-refractivity contribution < 1.29 is 4.92 Å². The maximum absolute atomic E-state index is 11.8. The van der Waals surface area contributed by atoms with Gasteiger partial charge in [-0.1, -0.05) is 11.3 Å². The van der Waals surface area contributed by atoms with Crippen molar-refractivity contribution in [3.05, 3.63) is 56.5 Å². The fraction of sp³-hybridized carbons (Fsp3) is 0.0833. The Morgan fingerprint density at radius 3 is 2.65 bits per heavy atom. The highest BCUT2D eigenvalue weighted by atomic mass is 32.1. The Morgan fingerprint density at radius 2 is 2.00 bits per heavy atom. The first kappa shape index (κ1) is 12.4. The van der Waals surface area contributed by atoms with Crippen LogP contribution in [-0.4, -0.2) is 19.5 Å². The molecule has 0 saturated carbocycles. The minimum atomic E-state index is -0.461. The third-order valence-electron chi connectivity index (χ3n) is 2.70. The Balaban J connectivity index is 2.12. The van der Waals surface area contributed by atoms with Crippen molar-refractivity contribution >= 4 is 22.0 Å². The van der Waals surface area contributed by atoms with E-state index in [1.54, 1.807) is 19.1 Å². The summed E-state index contributed by atoms with van der Waals surface area (Å²) in [6, 6.07) is 7.43. The zero-order valence-electron chi connectivity index (χ0n) is 10.3. The first-order chi connectivity index (χ1) is 9.54. The first-order valence-electron chi connectivity index (χ1n) is 5.67. The largest absolute Gasteiger partial charge is 0.275 e. The van der Waals surface area contributed by atoms with Crippen LogP contribution in [0.25, 0.3) is 15.5 Å². The number of fused-ring (bicyclic) bond motifs is 1. The molecule has 0 bridgehead atoms. The van der Waals surface area contributed by atoms with Crippen LogP contribution in [0.2, 0.25) is 0 Å². The van der Waals surface area contributed by atoms with Gasteiger partial charge in [-0.2, -0.15) is 9.61 Å². The lowest BCUT2D eigenvalue weighted by molar-refractivity contribution is -0.384. The van der Waals surface area contributed by atoms with E-state index >= 15 is 0 Å². The van der Waals surface area contributed by atoms with E-state index in [-0.39, 0.29) is 11.2 Å². The summed E-state index contributed by atoms with van der Waals surface area (Å²) in [6.07, 6.45) is 0. The standard InChI is InChI=1S/C12H8N4O3S/c1-7-6-10(17)15-12(13-7)20-11(14-15)8-2-4-9(5-3-8)16(18)19/h2-6H,1H3. The second-order valence-corrected chi connectivity index (χ2v) is 5.10. The van der Waals surface area contributed by atoms with Crippen molar-refractivity contribution in [3.8, 4) is 10.6 Å². The highest BCUT2D eigenvalue weighted by molar-refractivity contribution is 7.19. The number of rotatable bonds is 2. The maximum Gasteiger partial charge on any atom is 0.275 e. The van der Waals surface area contributed by atoms with Crippen LogP contribution in [-0.2, 0) is 0 Å². The topological polar surface area (TPSA) is 90.4 Å². The number of nitro groups is 1. The van der Waals surface area contributed by atoms with Crippen LogP contribution in [0.1, 0.15) is 5.69 Å². The molecule has 3 aromatic rings. The molecule has 20 heavy (non-hydrogen) atoms. The van der Waals surface area contributed by atoms with Gasteiger partial charge in [0.25, 0.3) is 11.2 Å². The smallest absolute Gasteiger partial charge is 0.267 e. The van der Waals surface area contributed by atoms with Crippen molar-refractivity contribution in [2.75, 3.05) is 0 Å². The Kier molecular flexibility index (Phi) is 2.79. The molecule has 2 heterocycles. The summed E-state index contributed by atoms with van der Waals surface area (Å²) in [5.74, 6) is 0.